The first-order valence-corrected chi connectivity index (χ1v) is 8.62. The molecule has 0 atom stereocenters. The number of carbonyl (C=O) groups excluding carboxylic acids is 1. The number of aromatic carboxylic acids is 1. The summed E-state index contributed by atoms with van der Waals surface area (Å²) in [5.41, 5.74) is 0.0162. The van der Waals surface area contributed by atoms with E-state index in [0.29, 0.717) is 13.2 Å². The summed E-state index contributed by atoms with van der Waals surface area (Å²) in [6.45, 7) is 3.29. The van der Waals surface area contributed by atoms with E-state index in [1.54, 1.807) is 0 Å². The molecule has 0 unspecified atom stereocenters. The van der Waals surface area contributed by atoms with E-state index in [9.17, 15) is 14.7 Å². The molecule has 0 bridgehead atoms. The second-order valence-corrected chi connectivity index (χ2v) is 5.68. The number of carboxylic acids is 1. The summed E-state index contributed by atoms with van der Waals surface area (Å²) in [6, 6.07) is 3.73. The zero-order valence-electron chi connectivity index (χ0n) is 14.6. The maximum Gasteiger partial charge on any atom is 0.411 e. The molecule has 1 aromatic carbocycles. The summed E-state index contributed by atoms with van der Waals surface area (Å²) in [5.74, 6) is -1.67. The number of hydrogen-bond acceptors (Lipinski definition) is 5. The van der Waals surface area contributed by atoms with Crippen LogP contribution in [0.5, 0.6) is 5.75 Å². The molecule has 0 fully saturated rings. The third kappa shape index (κ3) is 8.95. The van der Waals surface area contributed by atoms with Gasteiger partial charge in [0.15, 0.2) is 0 Å². The number of anilines is 1. The minimum Gasteiger partial charge on any atom is -0.507 e. The molecule has 1 aromatic rings. The summed E-state index contributed by atoms with van der Waals surface area (Å²) in [7, 11) is 0. The van der Waals surface area contributed by atoms with Gasteiger partial charge in [-0.1, -0.05) is 39.0 Å². The molecule has 0 aliphatic rings. The van der Waals surface area contributed by atoms with E-state index in [1.165, 1.54) is 37.8 Å². The van der Waals surface area contributed by atoms with E-state index in [0.717, 1.165) is 18.9 Å². The minimum absolute atomic E-state index is 0.126. The number of hydrogen-bond donors (Lipinski definition) is 3. The van der Waals surface area contributed by atoms with Crippen LogP contribution < -0.4 is 5.32 Å². The molecule has 0 aliphatic heterocycles. The van der Waals surface area contributed by atoms with Gasteiger partial charge in [-0.3, -0.25) is 5.32 Å². The van der Waals surface area contributed by atoms with Crippen LogP contribution in [0.1, 0.15) is 55.8 Å². The first-order chi connectivity index (χ1) is 12.0. The van der Waals surface area contributed by atoms with E-state index in [-0.39, 0.29) is 17.9 Å². The van der Waals surface area contributed by atoms with Crippen molar-refractivity contribution in [3.05, 3.63) is 23.8 Å². The lowest BCUT2D eigenvalue weighted by Crippen LogP contribution is -2.17. The molecular formula is C18H27NO6. The Morgan fingerprint density at radius 2 is 1.76 bits per heavy atom. The van der Waals surface area contributed by atoms with Crippen LogP contribution in [0, 0.1) is 0 Å². The van der Waals surface area contributed by atoms with E-state index >= 15 is 0 Å². The lowest BCUT2D eigenvalue weighted by molar-refractivity contribution is 0.0693. The second-order valence-electron chi connectivity index (χ2n) is 5.68. The van der Waals surface area contributed by atoms with Gasteiger partial charge in [0.05, 0.1) is 6.61 Å². The molecular weight excluding hydrogens is 326 g/mol. The van der Waals surface area contributed by atoms with E-state index < -0.39 is 17.8 Å². The quantitative estimate of drug-likeness (QED) is 0.490. The number of aromatic hydroxyl groups is 1. The van der Waals surface area contributed by atoms with Crippen molar-refractivity contribution in [2.75, 3.05) is 25.1 Å². The summed E-state index contributed by atoms with van der Waals surface area (Å²) in [5, 5.41) is 20.8. The Bertz CT molecular complexity index is 546. The van der Waals surface area contributed by atoms with Crippen molar-refractivity contribution in [2.45, 2.75) is 45.4 Å². The largest absolute Gasteiger partial charge is 0.507 e. The fourth-order valence-electron chi connectivity index (χ4n) is 2.22. The number of amides is 1. The van der Waals surface area contributed by atoms with Gasteiger partial charge < -0.3 is 19.7 Å². The highest BCUT2D eigenvalue weighted by atomic mass is 16.6. The normalized spacial score (nSPS) is 10.4. The fraction of sp³-hybridized carbons (Fsp3) is 0.556. The Hall–Kier alpha value is -2.28. The highest BCUT2D eigenvalue weighted by Gasteiger charge is 2.11. The predicted octanol–water partition coefficient (Wildman–Crippen LogP) is 4.02. The van der Waals surface area contributed by atoms with E-state index in [1.807, 2.05) is 0 Å². The van der Waals surface area contributed by atoms with Gasteiger partial charge >= 0.3 is 12.1 Å². The Balaban J connectivity index is 2.11. The van der Waals surface area contributed by atoms with Gasteiger partial charge in [-0.15, -0.1) is 0 Å². The zero-order valence-corrected chi connectivity index (χ0v) is 14.6. The SMILES string of the molecule is CCCCCCCCOCCOC(=O)Nc1ccc(C(=O)O)c(O)c1. The molecule has 0 spiro atoms. The average Bonchev–Trinajstić information content (AvgIpc) is 2.56. The molecule has 0 saturated carbocycles. The van der Waals surface area contributed by atoms with Crippen molar-refractivity contribution in [3.63, 3.8) is 0 Å². The van der Waals surface area contributed by atoms with Crippen molar-refractivity contribution >= 4 is 17.7 Å². The van der Waals surface area contributed by atoms with E-state index in [2.05, 4.69) is 12.2 Å². The van der Waals surface area contributed by atoms with Gasteiger partial charge in [0.1, 0.15) is 17.9 Å². The van der Waals surface area contributed by atoms with Crippen LogP contribution in [-0.2, 0) is 9.47 Å². The van der Waals surface area contributed by atoms with Crippen molar-refractivity contribution in [1.82, 2.24) is 0 Å². The maximum absolute atomic E-state index is 11.6. The summed E-state index contributed by atoms with van der Waals surface area (Å²) < 4.78 is 10.3. The van der Waals surface area contributed by atoms with Gasteiger partial charge in [0, 0.05) is 18.4 Å². The summed E-state index contributed by atoms with van der Waals surface area (Å²) >= 11 is 0. The first kappa shape index (κ1) is 20.8. The number of phenols is 1. The van der Waals surface area contributed by atoms with Crippen LogP contribution in [0.25, 0.3) is 0 Å². The van der Waals surface area contributed by atoms with Crippen LogP contribution in [0.15, 0.2) is 18.2 Å². The predicted molar refractivity (Wildman–Crippen MR) is 94.2 cm³/mol. The zero-order chi connectivity index (χ0) is 18.5. The number of nitrogens with one attached hydrogen (secondary N) is 1. The van der Waals surface area contributed by atoms with Crippen LogP contribution >= 0.6 is 0 Å². The van der Waals surface area contributed by atoms with Crippen molar-refractivity contribution < 1.29 is 29.3 Å². The number of unbranched alkanes of at least 4 members (excludes halogenated alkanes) is 5. The Labute approximate surface area is 147 Å². The second kappa shape index (κ2) is 12.1. The fourth-order valence-corrected chi connectivity index (χ4v) is 2.22. The topological polar surface area (TPSA) is 105 Å². The van der Waals surface area contributed by atoms with Crippen LogP contribution in [0.3, 0.4) is 0 Å². The molecule has 140 valence electrons. The highest BCUT2D eigenvalue weighted by molar-refractivity contribution is 5.92. The molecule has 1 amide bonds. The first-order valence-electron chi connectivity index (χ1n) is 8.62. The molecule has 1 rings (SSSR count). The molecule has 0 aliphatic carbocycles. The third-order valence-electron chi connectivity index (χ3n) is 3.58. The highest BCUT2D eigenvalue weighted by Crippen LogP contribution is 2.21. The van der Waals surface area contributed by atoms with Crippen molar-refractivity contribution in [3.8, 4) is 5.75 Å². The molecule has 0 radical (unpaired) electrons. The molecule has 7 heteroatoms. The van der Waals surface area contributed by atoms with Gasteiger partial charge in [0.25, 0.3) is 0 Å². The monoisotopic (exact) mass is 353 g/mol. The lowest BCUT2D eigenvalue weighted by atomic mass is 10.1. The maximum atomic E-state index is 11.6. The molecule has 7 nitrogen and oxygen atoms in total. The van der Waals surface area contributed by atoms with Gasteiger partial charge in [-0.05, 0) is 18.6 Å². The summed E-state index contributed by atoms with van der Waals surface area (Å²) in [4.78, 5) is 22.4. The average molecular weight is 353 g/mol. The molecule has 0 heterocycles. The number of carboxylic acid groups (broad SMARTS) is 1. The van der Waals surface area contributed by atoms with Crippen LogP contribution in [0.4, 0.5) is 10.5 Å². The molecule has 3 N–H and O–H groups in total. The van der Waals surface area contributed by atoms with Crippen molar-refractivity contribution in [2.24, 2.45) is 0 Å². The van der Waals surface area contributed by atoms with Crippen LogP contribution in [0.2, 0.25) is 0 Å². The van der Waals surface area contributed by atoms with E-state index in [4.69, 9.17) is 14.6 Å². The molecule has 0 saturated heterocycles. The number of benzene rings is 1. The van der Waals surface area contributed by atoms with Gasteiger partial charge in [-0.25, -0.2) is 9.59 Å². The van der Waals surface area contributed by atoms with Gasteiger partial charge in [-0.2, -0.15) is 0 Å². The number of carbonyl (C=O) groups is 2. The van der Waals surface area contributed by atoms with Crippen LogP contribution in [-0.4, -0.2) is 42.1 Å². The molecule has 0 aromatic heterocycles. The molecule has 25 heavy (non-hydrogen) atoms. The minimum atomic E-state index is -1.24. The summed E-state index contributed by atoms with van der Waals surface area (Å²) in [6.07, 6.45) is 6.47. The standard InChI is InChI=1S/C18H27NO6/c1-2-3-4-5-6-7-10-24-11-12-25-18(23)19-14-8-9-15(17(21)22)16(20)13-14/h8-9,13,20H,2-7,10-12H2,1H3,(H,19,23)(H,21,22). The lowest BCUT2D eigenvalue weighted by Gasteiger charge is -2.08. The van der Waals surface area contributed by atoms with Crippen molar-refractivity contribution in [1.29, 1.82) is 0 Å². The Morgan fingerprint density at radius 3 is 2.44 bits per heavy atom. The third-order valence-corrected chi connectivity index (χ3v) is 3.58. The Morgan fingerprint density at radius 1 is 1.04 bits per heavy atom. The Kier molecular flexibility index (Phi) is 10.1. The number of ether oxygens (including phenoxy) is 2. The van der Waals surface area contributed by atoms with Gasteiger partial charge in [0.2, 0.25) is 0 Å². The smallest absolute Gasteiger partial charge is 0.411 e. The number of rotatable bonds is 12.